The second-order valence-corrected chi connectivity index (χ2v) is 6.27. The van der Waals surface area contributed by atoms with E-state index in [1.807, 2.05) is 31.2 Å². The minimum absolute atomic E-state index is 0.192. The third-order valence-electron chi connectivity index (χ3n) is 3.33. The van der Waals surface area contributed by atoms with Crippen LogP contribution in [0, 0.1) is 12.3 Å². The van der Waals surface area contributed by atoms with E-state index in [1.54, 1.807) is 27.8 Å². The van der Waals surface area contributed by atoms with Gasteiger partial charge in [-0.25, -0.2) is 4.68 Å². The van der Waals surface area contributed by atoms with E-state index < -0.39 is 11.4 Å². The van der Waals surface area contributed by atoms with Crippen LogP contribution in [0.5, 0.6) is 5.75 Å². The molecule has 5 heteroatoms. The fourth-order valence-electron chi connectivity index (χ4n) is 1.95. The fourth-order valence-corrected chi connectivity index (χ4v) is 1.95. The van der Waals surface area contributed by atoms with Crippen LogP contribution in [-0.2, 0) is 11.8 Å². The molecule has 1 aromatic carbocycles. The van der Waals surface area contributed by atoms with Gasteiger partial charge in [-0.05, 0) is 38.8 Å². The van der Waals surface area contributed by atoms with Crippen molar-refractivity contribution in [2.75, 3.05) is 0 Å². The topological polar surface area (TPSA) is 61.2 Å². The van der Waals surface area contributed by atoms with Gasteiger partial charge in [0.1, 0.15) is 0 Å². The summed E-state index contributed by atoms with van der Waals surface area (Å²) in [4.78, 5) is 24.6. The van der Waals surface area contributed by atoms with Crippen molar-refractivity contribution in [2.24, 2.45) is 12.5 Å². The number of hydrogen-bond donors (Lipinski definition) is 0. The number of carbonyl (C=O) groups is 1. The van der Waals surface area contributed by atoms with Crippen molar-refractivity contribution in [2.45, 2.75) is 27.7 Å². The zero-order chi connectivity index (χ0) is 16.5. The van der Waals surface area contributed by atoms with E-state index >= 15 is 0 Å². The normalized spacial score (nSPS) is 11.3. The number of benzene rings is 1. The molecule has 0 radical (unpaired) electrons. The lowest BCUT2D eigenvalue weighted by Gasteiger charge is -2.18. The van der Waals surface area contributed by atoms with E-state index in [9.17, 15) is 9.59 Å². The van der Waals surface area contributed by atoms with Gasteiger partial charge in [-0.15, -0.1) is 0 Å². The third-order valence-corrected chi connectivity index (χ3v) is 3.33. The van der Waals surface area contributed by atoms with Gasteiger partial charge < -0.3 is 4.74 Å². The van der Waals surface area contributed by atoms with E-state index in [1.165, 1.54) is 10.9 Å². The van der Waals surface area contributed by atoms with E-state index in [-0.39, 0.29) is 11.3 Å². The predicted molar refractivity (Wildman–Crippen MR) is 84.7 cm³/mol. The molecule has 0 atom stereocenters. The highest BCUT2D eigenvalue weighted by Crippen LogP contribution is 2.29. The highest BCUT2D eigenvalue weighted by molar-refractivity contribution is 5.81. The molecule has 0 N–H and O–H groups in total. The molecular weight excluding hydrogens is 280 g/mol. The number of esters is 1. The monoisotopic (exact) mass is 300 g/mol. The fraction of sp³-hybridized carbons (Fsp3) is 0.353. The summed E-state index contributed by atoms with van der Waals surface area (Å²) in [5.74, 6) is -0.213. The van der Waals surface area contributed by atoms with Crippen LogP contribution in [0.25, 0.3) is 11.1 Å². The van der Waals surface area contributed by atoms with Crippen molar-refractivity contribution in [3.8, 4) is 16.9 Å². The lowest BCUT2D eigenvalue weighted by Crippen LogP contribution is -2.28. The first kappa shape index (κ1) is 15.9. The first-order valence-electron chi connectivity index (χ1n) is 7.06. The number of carbonyl (C=O) groups excluding carboxylic acids is 1. The summed E-state index contributed by atoms with van der Waals surface area (Å²) in [6, 6.07) is 7.48. The van der Waals surface area contributed by atoms with Crippen molar-refractivity contribution in [3.05, 3.63) is 46.4 Å². The molecule has 116 valence electrons. The molecule has 0 bridgehead atoms. The Kier molecular flexibility index (Phi) is 4.17. The molecule has 0 saturated heterocycles. The Morgan fingerprint density at radius 2 is 1.86 bits per heavy atom. The van der Waals surface area contributed by atoms with Gasteiger partial charge in [0.2, 0.25) is 0 Å². The zero-order valence-electron chi connectivity index (χ0n) is 13.5. The molecule has 0 spiro atoms. The minimum Gasteiger partial charge on any atom is -0.424 e. The number of ether oxygens (including phenoxy) is 1. The maximum Gasteiger partial charge on any atom is 0.316 e. The molecule has 1 aromatic heterocycles. The van der Waals surface area contributed by atoms with Crippen molar-refractivity contribution < 1.29 is 9.53 Å². The third kappa shape index (κ3) is 3.08. The van der Waals surface area contributed by atoms with Crippen LogP contribution >= 0.6 is 0 Å². The quantitative estimate of drug-likeness (QED) is 0.800. The Hall–Kier alpha value is -2.43. The van der Waals surface area contributed by atoms with Gasteiger partial charge in [0.15, 0.2) is 5.75 Å². The number of rotatable bonds is 2. The van der Waals surface area contributed by atoms with Gasteiger partial charge in [-0.3, -0.25) is 9.59 Å². The van der Waals surface area contributed by atoms with Gasteiger partial charge in [0, 0.05) is 7.05 Å². The Bertz CT molecular complexity index is 770. The smallest absolute Gasteiger partial charge is 0.316 e. The molecule has 0 saturated carbocycles. The second-order valence-electron chi connectivity index (χ2n) is 6.27. The van der Waals surface area contributed by atoms with Gasteiger partial charge in [-0.2, -0.15) is 5.10 Å². The van der Waals surface area contributed by atoms with E-state index in [0.717, 1.165) is 11.1 Å². The molecule has 5 nitrogen and oxygen atoms in total. The molecule has 22 heavy (non-hydrogen) atoms. The molecular formula is C17H20N2O3. The predicted octanol–water partition coefficient (Wildman–Crippen LogP) is 2.71. The van der Waals surface area contributed by atoms with Crippen molar-refractivity contribution in [1.82, 2.24) is 9.78 Å². The molecule has 2 aromatic rings. The highest BCUT2D eigenvalue weighted by Gasteiger charge is 2.26. The second kappa shape index (κ2) is 5.75. The van der Waals surface area contributed by atoms with Crippen molar-refractivity contribution in [1.29, 1.82) is 0 Å². The molecule has 2 rings (SSSR count). The van der Waals surface area contributed by atoms with Crippen LogP contribution in [0.15, 0.2) is 35.3 Å². The van der Waals surface area contributed by atoms with Crippen LogP contribution < -0.4 is 10.3 Å². The Morgan fingerprint density at radius 1 is 1.23 bits per heavy atom. The van der Waals surface area contributed by atoms with Crippen molar-refractivity contribution >= 4 is 5.97 Å². The van der Waals surface area contributed by atoms with Crippen molar-refractivity contribution in [3.63, 3.8) is 0 Å². The average molecular weight is 300 g/mol. The largest absolute Gasteiger partial charge is 0.424 e. The molecule has 0 aliphatic rings. The SMILES string of the molecule is Cc1ccccc1-c1c(OC(=O)C(C)(C)C)cnn(C)c1=O. The summed E-state index contributed by atoms with van der Waals surface area (Å²) >= 11 is 0. The molecule has 0 aliphatic heterocycles. The van der Waals surface area contributed by atoms with Crippen LogP contribution in [0.3, 0.4) is 0 Å². The van der Waals surface area contributed by atoms with Gasteiger partial charge in [0.25, 0.3) is 5.56 Å². The van der Waals surface area contributed by atoms with Crippen LogP contribution in [0.4, 0.5) is 0 Å². The lowest BCUT2D eigenvalue weighted by atomic mass is 9.97. The Balaban J connectivity index is 2.62. The number of hydrogen-bond acceptors (Lipinski definition) is 4. The highest BCUT2D eigenvalue weighted by atomic mass is 16.5. The maximum atomic E-state index is 12.5. The Morgan fingerprint density at radius 3 is 2.45 bits per heavy atom. The first-order valence-corrected chi connectivity index (χ1v) is 7.06. The minimum atomic E-state index is -0.663. The molecule has 0 fully saturated rings. The summed E-state index contributed by atoms with van der Waals surface area (Å²) in [6.45, 7) is 7.19. The summed E-state index contributed by atoms with van der Waals surface area (Å²) in [5, 5.41) is 3.96. The number of aromatic nitrogens is 2. The van der Waals surface area contributed by atoms with E-state index in [4.69, 9.17) is 4.74 Å². The lowest BCUT2D eigenvalue weighted by molar-refractivity contribution is -0.143. The number of aryl methyl sites for hydroxylation is 2. The molecule has 0 unspecified atom stereocenters. The molecule has 0 aliphatic carbocycles. The average Bonchev–Trinajstić information content (AvgIpc) is 2.43. The standard InChI is InChI=1S/C17H20N2O3/c1-11-8-6-7-9-12(11)14-13(10-18-19(5)15(14)20)22-16(21)17(2,3)4/h6-10H,1-5H3. The summed E-state index contributed by atoms with van der Waals surface area (Å²) in [7, 11) is 1.57. The van der Waals surface area contributed by atoms with E-state index in [0.29, 0.717) is 5.56 Å². The number of nitrogens with zero attached hydrogens (tertiary/aromatic N) is 2. The zero-order valence-corrected chi connectivity index (χ0v) is 13.5. The summed E-state index contributed by atoms with van der Waals surface area (Å²) < 4.78 is 6.67. The summed E-state index contributed by atoms with van der Waals surface area (Å²) in [5.41, 5.74) is 1.06. The van der Waals surface area contributed by atoms with Gasteiger partial charge >= 0.3 is 5.97 Å². The first-order chi connectivity index (χ1) is 10.2. The van der Waals surface area contributed by atoms with E-state index in [2.05, 4.69) is 5.10 Å². The Labute approximate surface area is 129 Å². The van der Waals surface area contributed by atoms with Crippen LogP contribution in [0.2, 0.25) is 0 Å². The molecule has 1 heterocycles. The van der Waals surface area contributed by atoms with Gasteiger partial charge in [0.05, 0.1) is 17.2 Å². The summed E-state index contributed by atoms with van der Waals surface area (Å²) in [6.07, 6.45) is 1.41. The molecule has 0 amide bonds. The van der Waals surface area contributed by atoms with Gasteiger partial charge in [-0.1, -0.05) is 24.3 Å². The maximum absolute atomic E-state index is 12.5. The van der Waals surface area contributed by atoms with Crippen LogP contribution in [0.1, 0.15) is 26.3 Å². The van der Waals surface area contributed by atoms with Crippen LogP contribution in [-0.4, -0.2) is 15.7 Å².